The van der Waals surface area contributed by atoms with Crippen molar-refractivity contribution in [1.29, 1.82) is 0 Å². The molecule has 0 atom stereocenters. The monoisotopic (exact) mass is 780 g/mol. The predicted molar refractivity (Wildman–Crippen MR) is 228 cm³/mol. The van der Waals surface area contributed by atoms with Crippen molar-refractivity contribution in [3.8, 4) is 22.5 Å². The fourth-order valence-corrected chi connectivity index (χ4v) is 6.66. The van der Waals surface area contributed by atoms with Crippen LogP contribution in [0.3, 0.4) is 0 Å². The molecule has 10 heteroatoms. The number of nitrogens with one attached hydrogen (secondary N) is 2. The largest absolute Gasteiger partial charge is 0.355 e. The Kier molecular flexibility index (Phi) is 11.3. The number of fused-ring (bicyclic) bond motifs is 2. The Bertz CT molecular complexity index is 2730. The summed E-state index contributed by atoms with van der Waals surface area (Å²) in [6, 6.07) is 32.3. The maximum Gasteiger partial charge on any atom is 0.132 e. The third-order valence-corrected chi connectivity index (χ3v) is 9.64. The lowest BCUT2D eigenvalue weighted by molar-refractivity contribution is 0.630. The maximum absolute atomic E-state index is 14.4. The molecule has 8 aromatic rings. The van der Waals surface area contributed by atoms with E-state index in [0.29, 0.717) is 32.6 Å². The molecule has 0 spiro atoms. The average Bonchev–Trinajstić information content (AvgIpc) is 3.20. The van der Waals surface area contributed by atoms with E-state index in [-0.39, 0.29) is 17.6 Å². The molecular weight excluding hydrogens is 745 g/mol. The summed E-state index contributed by atoms with van der Waals surface area (Å²) < 4.78 is 28.7. The fraction of sp³-hybridized carbons (Fsp3) is 0.0870. The third kappa shape index (κ3) is 8.37. The first kappa shape index (κ1) is 38.1. The predicted octanol–water partition coefficient (Wildman–Crippen LogP) is 13.8. The Morgan fingerprint density at radius 3 is 1.59 bits per heavy atom. The second kappa shape index (κ2) is 16.7. The van der Waals surface area contributed by atoms with Crippen molar-refractivity contribution in [1.82, 2.24) is 19.9 Å². The summed E-state index contributed by atoms with van der Waals surface area (Å²) in [6.45, 7) is 10.2. The van der Waals surface area contributed by atoms with Crippen LogP contribution < -0.4 is 10.6 Å². The molecular formula is C46H36Cl2F2N6. The van der Waals surface area contributed by atoms with Crippen molar-refractivity contribution in [3.05, 3.63) is 173 Å². The van der Waals surface area contributed by atoms with Crippen LogP contribution in [0.15, 0.2) is 141 Å². The lowest BCUT2D eigenvalue weighted by Crippen LogP contribution is -2.01. The van der Waals surface area contributed by atoms with Gasteiger partial charge >= 0.3 is 0 Å². The molecule has 0 aliphatic heterocycles. The molecule has 0 amide bonds. The summed E-state index contributed by atoms with van der Waals surface area (Å²) >= 11 is 12.1. The Morgan fingerprint density at radius 2 is 1.07 bits per heavy atom. The molecule has 0 saturated heterocycles. The molecule has 0 aliphatic rings. The molecule has 0 radical (unpaired) electrons. The van der Waals surface area contributed by atoms with Crippen molar-refractivity contribution in [3.63, 3.8) is 0 Å². The highest BCUT2D eigenvalue weighted by Gasteiger charge is 2.16. The van der Waals surface area contributed by atoms with Gasteiger partial charge in [0, 0.05) is 85.0 Å². The highest BCUT2D eigenvalue weighted by atomic mass is 35.5. The number of hydrogen-bond acceptors (Lipinski definition) is 6. The van der Waals surface area contributed by atoms with E-state index in [4.69, 9.17) is 23.2 Å². The summed E-state index contributed by atoms with van der Waals surface area (Å²) in [5, 5.41) is 9.89. The summed E-state index contributed by atoms with van der Waals surface area (Å²) in [5.74, 6) is -0.476. The van der Waals surface area contributed by atoms with Gasteiger partial charge < -0.3 is 10.6 Å². The average molecular weight is 782 g/mol. The van der Waals surface area contributed by atoms with Gasteiger partial charge in [0.05, 0.1) is 22.4 Å². The number of pyridine rings is 4. The van der Waals surface area contributed by atoms with E-state index in [0.717, 1.165) is 61.3 Å². The smallest absolute Gasteiger partial charge is 0.132 e. The first-order chi connectivity index (χ1) is 27.0. The number of nitrogens with zero attached hydrogens (tertiary/aromatic N) is 4. The molecule has 56 heavy (non-hydrogen) atoms. The molecule has 0 saturated carbocycles. The second-order valence-corrected chi connectivity index (χ2v) is 14.3. The van der Waals surface area contributed by atoms with Gasteiger partial charge in [-0.15, -0.1) is 0 Å². The summed E-state index contributed by atoms with van der Waals surface area (Å²) in [6.07, 6.45) is 7.03. The maximum atomic E-state index is 14.4. The van der Waals surface area contributed by atoms with Gasteiger partial charge in [-0.3, -0.25) is 19.9 Å². The summed E-state index contributed by atoms with van der Waals surface area (Å²) in [7, 11) is 0. The number of benzene rings is 4. The number of allylic oxidation sites excluding steroid dienone is 1. The normalized spacial score (nSPS) is 11.0. The molecule has 8 rings (SSSR count). The number of aromatic nitrogens is 4. The molecule has 0 unspecified atom stereocenters. The fourth-order valence-electron chi connectivity index (χ4n) is 6.32. The highest BCUT2D eigenvalue weighted by Crippen LogP contribution is 2.35. The number of anilines is 4. The van der Waals surface area contributed by atoms with Crippen LogP contribution in [-0.4, -0.2) is 19.9 Å². The van der Waals surface area contributed by atoms with Crippen molar-refractivity contribution < 1.29 is 8.78 Å². The van der Waals surface area contributed by atoms with Crippen LogP contribution in [0.25, 0.3) is 49.9 Å². The van der Waals surface area contributed by atoms with Crippen LogP contribution in [-0.2, 0) is 0 Å². The third-order valence-electron chi connectivity index (χ3n) is 9.17. The quantitative estimate of drug-likeness (QED) is 0.160. The van der Waals surface area contributed by atoms with Crippen LogP contribution in [0.4, 0.5) is 31.5 Å². The minimum Gasteiger partial charge on any atom is -0.355 e. The van der Waals surface area contributed by atoms with E-state index < -0.39 is 0 Å². The van der Waals surface area contributed by atoms with Crippen LogP contribution in [0.1, 0.15) is 37.8 Å². The van der Waals surface area contributed by atoms with Crippen LogP contribution in [0, 0.1) is 11.6 Å². The molecule has 278 valence electrons. The van der Waals surface area contributed by atoms with Gasteiger partial charge in [-0.2, -0.15) is 0 Å². The molecule has 0 bridgehead atoms. The summed E-state index contributed by atoms with van der Waals surface area (Å²) in [4.78, 5) is 17.7. The van der Waals surface area contributed by atoms with E-state index in [9.17, 15) is 8.78 Å². The van der Waals surface area contributed by atoms with Crippen molar-refractivity contribution in [2.45, 2.75) is 26.7 Å². The molecule has 0 fully saturated rings. The van der Waals surface area contributed by atoms with E-state index >= 15 is 0 Å². The Labute approximate surface area is 334 Å². The highest BCUT2D eigenvalue weighted by molar-refractivity contribution is 6.31. The topological polar surface area (TPSA) is 75.6 Å². The van der Waals surface area contributed by atoms with E-state index in [1.54, 1.807) is 36.9 Å². The van der Waals surface area contributed by atoms with E-state index in [1.807, 2.05) is 79.7 Å². The zero-order valence-corrected chi connectivity index (χ0v) is 32.3. The first-order valence-electron chi connectivity index (χ1n) is 17.8. The van der Waals surface area contributed by atoms with Gasteiger partial charge in [0.15, 0.2) is 0 Å². The number of hydrogen-bond donors (Lipinski definition) is 2. The van der Waals surface area contributed by atoms with Gasteiger partial charge in [-0.1, -0.05) is 80.0 Å². The lowest BCUT2D eigenvalue weighted by Gasteiger charge is -2.17. The van der Waals surface area contributed by atoms with Crippen LogP contribution >= 0.6 is 23.2 Å². The Balaban J connectivity index is 0.000000172. The number of rotatable bonds is 8. The Morgan fingerprint density at radius 1 is 0.589 bits per heavy atom. The van der Waals surface area contributed by atoms with Gasteiger partial charge in [0.2, 0.25) is 0 Å². The summed E-state index contributed by atoms with van der Waals surface area (Å²) in [5.41, 5.74) is 9.82. The Hall–Kier alpha value is -6.22. The number of halogens is 4. The molecule has 4 aromatic carbocycles. The minimum absolute atomic E-state index is 0.251. The van der Waals surface area contributed by atoms with Crippen LogP contribution in [0.2, 0.25) is 10.0 Å². The first-order valence-corrected chi connectivity index (χ1v) is 18.6. The van der Waals surface area contributed by atoms with Crippen molar-refractivity contribution in [2.75, 3.05) is 10.6 Å². The molecule has 0 aliphatic carbocycles. The molecule has 6 nitrogen and oxygen atoms in total. The van der Waals surface area contributed by atoms with Crippen LogP contribution in [0.5, 0.6) is 0 Å². The van der Waals surface area contributed by atoms with E-state index in [2.05, 4.69) is 51.0 Å². The zero-order valence-electron chi connectivity index (χ0n) is 30.8. The van der Waals surface area contributed by atoms with E-state index in [1.165, 1.54) is 24.3 Å². The zero-order chi connectivity index (χ0) is 39.3. The van der Waals surface area contributed by atoms with Crippen molar-refractivity contribution in [2.24, 2.45) is 0 Å². The lowest BCUT2D eigenvalue weighted by atomic mass is 10.0. The number of para-hydroxylation sites is 2. The molecule has 4 heterocycles. The molecule has 4 aromatic heterocycles. The van der Waals surface area contributed by atoms with Gasteiger partial charge in [0.1, 0.15) is 11.6 Å². The van der Waals surface area contributed by atoms with Gasteiger partial charge in [-0.25, -0.2) is 8.78 Å². The van der Waals surface area contributed by atoms with Crippen molar-refractivity contribution >= 4 is 73.3 Å². The minimum atomic E-state index is -0.375. The SMILES string of the molecule is C=C(C)c1cnc(-c2cc(Cl)ccc2F)cc1Nc1ccnc2ccccc12.CC(C)c1cnc(-c2cc(Cl)ccc2F)cc1Nc1ccnc2ccccc12. The standard InChI is InChI=1S/C23H19ClFN3.C23H17ClFN3/c2*1-14(2)18-13-27-22(17-11-15(24)7-8-19(17)25)12-23(18)28-21-9-10-26-20-6-4-3-5-16(20)21/h3-14H,1-2H3,(H,26,27,28);3-13H,1H2,2H3,(H,26,27,28). The molecule has 2 N–H and O–H groups in total. The second-order valence-electron chi connectivity index (χ2n) is 13.5. The van der Waals surface area contributed by atoms with Gasteiger partial charge in [-0.05, 0) is 96.8 Å². The van der Waals surface area contributed by atoms with Gasteiger partial charge in [0.25, 0.3) is 0 Å².